The summed E-state index contributed by atoms with van der Waals surface area (Å²) in [6.07, 6.45) is 8.83. The number of hydrogen-bond acceptors (Lipinski definition) is 2. The molecule has 0 rings (SSSR count). The van der Waals surface area contributed by atoms with E-state index in [0.29, 0.717) is 19.6 Å². The Morgan fingerprint density at radius 1 is 1.25 bits per heavy atom. The molecule has 3 nitrogen and oxygen atoms in total. The Kier molecular flexibility index (Phi) is 16.9. The van der Waals surface area contributed by atoms with Gasteiger partial charge in [-0.1, -0.05) is 39.0 Å². The van der Waals surface area contributed by atoms with Gasteiger partial charge in [0.15, 0.2) is 0 Å². The largest absolute Gasteiger partial charge is 0.374 e. The van der Waals surface area contributed by atoms with Crippen LogP contribution in [0.4, 0.5) is 0 Å². The summed E-state index contributed by atoms with van der Waals surface area (Å²) in [4.78, 5) is 11.2. The fraction of sp³-hybridized carbons (Fsp3) is 0.706. The minimum absolute atomic E-state index is 0.113. The Morgan fingerprint density at radius 2 is 1.90 bits per heavy atom. The molecule has 20 heavy (non-hydrogen) atoms. The van der Waals surface area contributed by atoms with Crippen LogP contribution in [-0.2, 0) is 9.53 Å². The van der Waals surface area contributed by atoms with Gasteiger partial charge in [0, 0.05) is 13.0 Å². The van der Waals surface area contributed by atoms with Crippen molar-refractivity contribution in [3.05, 3.63) is 23.8 Å². The zero-order valence-corrected chi connectivity index (χ0v) is 14.2. The van der Waals surface area contributed by atoms with E-state index in [2.05, 4.69) is 24.4 Å². The van der Waals surface area contributed by atoms with Crippen molar-refractivity contribution in [3.8, 4) is 0 Å². The van der Waals surface area contributed by atoms with Crippen molar-refractivity contribution in [2.75, 3.05) is 13.2 Å². The molecule has 0 aliphatic carbocycles. The molecule has 0 saturated heterocycles. The van der Waals surface area contributed by atoms with Gasteiger partial charge >= 0.3 is 0 Å². The molecule has 1 N–H and O–H groups in total. The van der Waals surface area contributed by atoms with Crippen LogP contribution in [0.15, 0.2) is 23.8 Å². The number of allylic oxidation sites excluding steroid dienone is 2. The van der Waals surface area contributed by atoms with Crippen LogP contribution < -0.4 is 5.32 Å². The lowest BCUT2D eigenvalue weighted by atomic mass is 10.2. The van der Waals surface area contributed by atoms with Crippen LogP contribution in [0.1, 0.15) is 60.8 Å². The predicted molar refractivity (Wildman–Crippen MR) is 87.9 cm³/mol. The fourth-order valence-electron chi connectivity index (χ4n) is 1.43. The molecule has 0 unspecified atom stereocenters. The zero-order valence-electron chi connectivity index (χ0n) is 14.2. The van der Waals surface area contributed by atoms with Crippen LogP contribution in [0.5, 0.6) is 0 Å². The highest BCUT2D eigenvalue weighted by molar-refractivity contribution is 5.75. The molecule has 0 radical (unpaired) electrons. The Bertz CT molecular complexity index is 281. The highest BCUT2D eigenvalue weighted by Gasteiger charge is 1.98. The van der Waals surface area contributed by atoms with Crippen molar-refractivity contribution < 1.29 is 9.53 Å². The fourth-order valence-corrected chi connectivity index (χ4v) is 1.43. The molecule has 0 aliphatic heterocycles. The maximum Gasteiger partial charge on any atom is 0.220 e. The van der Waals surface area contributed by atoms with Crippen LogP contribution in [0, 0.1) is 0 Å². The van der Waals surface area contributed by atoms with Crippen LogP contribution in [0.3, 0.4) is 0 Å². The normalized spacial score (nSPS) is 11.4. The summed E-state index contributed by atoms with van der Waals surface area (Å²) in [6, 6.07) is 0. The minimum atomic E-state index is 0.113. The van der Waals surface area contributed by atoms with Crippen molar-refractivity contribution in [1.29, 1.82) is 0 Å². The van der Waals surface area contributed by atoms with Gasteiger partial charge in [-0.25, -0.2) is 0 Å². The molecule has 0 atom stereocenters. The lowest BCUT2D eigenvalue weighted by molar-refractivity contribution is -0.120. The molecule has 0 bridgehead atoms. The Morgan fingerprint density at radius 3 is 2.40 bits per heavy atom. The van der Waals surface area contributed by atoms with Crippen molar-refractivity contribution in [3.63, 3.8) is 0 Å². The van der Waals surface area contributed by atoms with Gasteiger partial charge < -0.3 is 10.1 Å². The Hall–Kier alpha value is -1.09. The molecular weight excluding hydrogens is 250 g/mol. The summed E-state index contributed by atoms with van der Waals surface area (Å²) >= 11 is 0. The second kappa shape index (κ2) is 16.0. The van der Waals surface area contributed by atoms with Gasteiger partial charge in [-0.15, -0.1) is 0 Å². The number of carbonyl (C=O) groups excluding carboxylic acids is 1. The number of hydrogen-bond donors (Lipinski definition) is 1. The summed E-state index contributed by atoms with van der Waals surface area (Å²) in [6.45, 7) is 13.4. The van der Waals surface area contributed by atoms with Gasteiger partial charge in [-0.05, 0) is 39.2 Å². The first-order valence-corrected chi connectivity index (χ1v) is 7.84. The number of ether oxygens (including phenoxy) is 1. The predicted octanol–water partition coefficient (Wildman–Crippen LogP) is 4.25. The molecule has 118 valence electrons. The first-order valence-electron chi connectivity index (χ1n) is 7.84. The molecule has 0 saturated carbocycles. The molecule has 0 heterocycles. The lowest BCUT2D eigenvalue weighted by Gasteiger charge is -2.08. The van der Waals surface area contributed by atoms with Crippen LogP contribution in [0.2, 0.25) is 0 Å². The van der Waals surface area contributed by atoms with E-state index < -0.39 is 0 Å². The SMILES string of the molecule is CC.CC/C=C(\C=C/CCC(=O)NCC)COC(C)C. The second-order valence-electron chi connectivity index (χ2n) is 4.44. The van der Waals surface area contributed by atoms with E-state index in [1.165, 1.54) is 5.57 Å². The van der Waals surface area contributed by atoms with E-state index in [4.69, 9.17) is 4.74 Å². The zero-order chi connectivity index (χ0) is 15.8. The van der Waals surface area contributed by atoms with Crippen LogP contribution >= 0.6 is 0 Å². The minimum Gasteiger partial charge on any atom is -0.374 e. The lowest BCUT2D eigenvalue weighted by Crippen LogP contribution is -2.21. The van der Waals surface area contributed by atoms with Gasteiger partial charge in [-0.3, -0.25) is 4.79 Å². The first kappa shape index (κ1) is 21.2. The van der Waals surface area contributed by atoms with Gasteiger partial charge in [0.05, 0.1) is 12.7 Å². The number of rotatable bonds is 9. The maximum absolute atomic E-state index is 11.2. The monoisotopic (exact) mass is 283 g/mol. The van der Waals surface area contributed by atoms with Crippen molar-refractivity contribution in [1.82, 2.24) is 5.32 Å². The van der Waals surface area contributed by atoms with Crippen LogP contribution in [-0.4, -0.2) is 25.2 Å². The molecule has 3 heteroatoms. The van der Waals surface area contributed by atoms with E-state index in [-0.39, 0.29) is 12.0 Å². The highest BCUT2D eigenvalue weighted by atomic mass is 16.5. The summed E-state index contributed by atoms with van der Waals surface area (Å²) in [7, 11) is 0. The second-order valence-corrected chi connectivity index (χ2v) is 4.44. The molecule has 0 fully saturated rings. The smallest absolute Gasteiger partial charge is 0.220 e. The standard InChI is InChI=1S/C15H27NO2.C2H6/c1-5-9-14(12-18-13(3)4)10-7-8-11-15(17)16-6-2;1-2/h7,9-10,13H,5-6,8,11-12H2,1-4H3,(H,16,17);1-2H3/b10-7-,14-9+;. The van der Waals surface area contributed by atoms with E-state index in [1.54, 1.807) is 0 Å². The van der Waals surface area contributed by atoms with E-state index in [0.717, 1.165) is 12.8 Å². The Balaban J connectivity index is 0. The van der Waals surface area contributed by atoms with Crippen molar-refractivity contribution in [2.45, 2.75) is 66.9 Å². The summed E-state index contributed by atoms with van der Waals surface area (Å²) in [5, 5.41) is 2.79. The number of nitrogens with one attached hydrogen (secondary N) is 1. The van der Waals surface area contributed by atoms with Gasteiger partial charge in [-0.2, -0.15) is 0 Å². The average Bonchev–Trinajstić information content (AvgIpc) is 2.43. The summed E-state index contributed by atoms with van der Waals surface area (Å²) in [5.74, 6) is 0.113. The average molecular weight is 283 g/mol. The third-order valence-corrected chi connectivity index (χ3v) is 2.29. The van der Waals surface area contributed by atoms with Gasteiger partial charge in [0.1, 0.15) is 0 Å². The maximum atomic E-state index is 11.2. The van der Waals surface area contributed by atoms with E-state index >= 15 is 0 Å². The van der Waals surface area contributed by atoms with E-state index in [9.17, 15) is 4.79 Å². The van der Waals surface area contributed by atoms with Crippen molar-refractivity contribution >= 4 is 5.91 Å². The topological polar surface area (TPSA) is 38.3 Å². The molecule has 1 amide bonds. The molecule has 0 aromatic rings. The van der Waals surface area contributed by atoms with Gasteiger partial charge in [0.25, 0.3) is 0 Å². The van der Waals surface area contributed by atoms with E-state index in [1.807, 2.05) is 40.7 Å². The number of amides is 1. The molecule has 0 spiro atoms. The van der Waals surface area contributed by atoms with Crippen molar-refractivity contribution in [2.24, 2.45) is 0 Å². The number of carbonyl (C=O) groups is 1. The summed E-state index contributed by atoms with van der Waals surface area (Å²) in [5.41, 5.74) is 1.18. The molecule has 0 aromatic carbocycles. The third kappa shape index (κ3) is 15.0. The molecule has 0 aromatic heterocycles. The molecular formula is C17H33NO2. The quantitative estimate of drug-likeness (QED) is 0.643. The van der Waals surface area contributed by atoms with Crippen LogP contribution in [0.25, 0.3) is 0 Å². The Labute approximate surface area is 125 Å². The third-order valence-electron chi connectivity index (χ3n) is 2.29. The summed E-state index contributed by atoms with van der Waals surface area (Å²) < 4.78 is 5.57. The van der Waals surface area contributed by atoms with Gasteiger partial charge in [0.2, 0.25) is 5.91 Å². The first-order chi connectivity index (χ1) is 9.60. The highest BCUT2D eigenvalue weighted by Crippen LogP contribution is 2.04. The molecule has 0 aliphatic rings.